The van der Waals surface area contributed by atoms with E-state index in [0.29, 0.717) is 17.7 Å². The summed E-state index contributed by atoms with van der Waals surface area (Å²) in [6.07, 6.45) is 6.68. The molecule has 3 fully saturated rings. The lowest BCUT2D eigenvalue weighted by Crippen LogP contribution is -2.69. The minimum absolute atomic E-state index is 0.206. The van der Waals surface area contributed by atoms with Crippen LogP contribution in [0.25, 0.3) is 0 Å². The molecular formula is C23H29NO3. The summed E-state index contributed by atoms with van der Waals surface area (Å²) in [5, 5.41) is 10.5. The Morgan fingerprint density at radius 2 is 2.11 bits per heavy atom. The van der Waals surface area contributed by atoms with E-state index in [2.05, 4.69) is 24.8 Å². The van der Waals surface area contributed by atoms with E-state index in [9.17, 15) is 9.90 Å². The van der Waals surface area contributed by atoms with Crippen molar-refractivity contribution in [1.29, 1.82) is 0 Å². The van der Waals surface area contributed by atoms with Gasteiger partial charge in [-0.1, -0.05) is 26.3 Å². The lowest BCUT2D eigenvalue weighted by Gasteiger charge is -2.60. The Morgan fingerprint density at radius 1 is 1.30 bits per heavy atom. The monoisotopic (exact) mass is 367 g/mol. The summed E-state index contributed by atoms with van der Waals surface area (Å²) >= 11 is 0. The molecule has 5 aliphatic rings. The van der Waals surface area contributed by atoms with Crippen molar-refractivity contribution in [2.24, 2.45) is 17.3 Å². The Kier molecular flexibility index (Phi) is 3.09. The zero-order chi connectivity index (χ0) is 18.6. The average molecular weight is 367 g/mol. The number of carbonyl (C=O) groups is 1. The minimum atomic E-state index is -0.415. The second-order valence-electron chi connectivity index (χ2n) is 10.4. The molecule has 2 aliphatic heterocycles. The number of ether oxygens (including phenoxy) is 1. The van der Waals surface area contributed by atoms with Crippen LogP contribution in [0.2, 0.25) is 0 Å². The molecule has 0 aromatic heterocycles. The van der Waals surface area contributed by atoms with Gasteiger partial charge >= 0.3 is 0 Å². The second kappa shape index (κ2) is 5.08. The normalized spacial score (nSPS) is 38.9. The minimum Gasteiger partial charge on any atom is -0.504 e. The van der Waals surface area contributed by atoms with Crippen molar-refractivity contribution in [2.75, 3.05) is 13.1 Å². The Hall–Kier alpha value is -1.55. The van der Waals surface area contributed by atoms with E-state index in [4.69, 9.17) is 4.74 Å². The molecule has 1 aromatic rings. The van der Waals surface area contributed by atoms with E-state index in [1.807, 2.05) is 0 Å². The van der Waals surface area contributed by atoms with E-state index >= 15 is 0 Å². The van der Waals surface area contributed by atoms with Crippen molar-refractivity contribution in [3.63, 3.8) is 0 Å². The Balaban J connectivity index is 1.51. The van der Waals surface area contributed by atoms with Gasteiger partial charge in [0.05, 0.1) is 0 Å². The van der Waals surface area contributed by atoms with Gasteiger partial charge < -0.3 is 9.84 Å². The molecule has 1 unspecified atom stereocenters. The molecule has 144 valence electrons. The predicted molar refractivity (Wildman–Crippen MR) is 102 cm³/mol. The number of Topliss-reactive ketones (excluding diaryl/α,β-unsaturated/α-hetero) is 1. The van der Waals surface area contributed by atoms with Gasteiger partial charge in [0.2, 0.25) is 0 Å². The standard InChI is InChI=1S/C23H29NO3/c1-22(2)11-15-16-10-14-6-7-17(25)19-18(14)23(15,21(27-19)20(22)26)8-9-24(16)12-13-4-3-5-13/h6-7,13,15-16,21,25H,3-5,8-12H2,1-2H3/t15?,16-,21+,23+/m1/s1. The Labute approximate surface area is 160 Å². The number of phenolic OH excluding ortho intramolecular Hbond substituents is 1. The van der Waals surface area contributed by atoms with Crippen molar-refractivity contribution in [1.82, 2.24) is 4.90 Å². The second-order valence-corrected chi connectivity index (χ2v) is 10.4. The van der Waals surface area contributed by atoms with Crippen molar-refractivity contribution >= 4 is 5.78 Å². The first kappa shape index (κ1) is 16.4. The SMILES string of the molecule is CC1(C)CC2[C@H]3Cc4ccc(O)c5c4[C@@]2(CCN3CC2CCC2)[C@@H](O5)C1=O. The molecular weight excluding hydrogens is 338 g/mol. The first-order chi connectivity index (χ1) is 12.9. The summed E-state index contributed by atoms with van der Waals surface area (Å²) in [4.78, 5) is 16.1. The highest BCUT2D eigenvalue weighted by atomic mass is 16.5. The zero-order valence-corrected chi connectivity index (χ0v) is 16.3. The summed E-state index contributed by atoms with van der Waals surface area (Å²) in [6, 6.07) is 4.35. The summed E-state index contributed by atoms with van der Waals surface area (Å²) in [7, 11) is 0. The van der Waals surface area contributed by atoms with Crippen LogP contribution in [0.1, 0.15) is 57.1 Å². The van der Waals surface area contributed by atoms with E-state index < -0.39 is 6.10 Å². The highest BCUT2D eigenvalue weighted by molar-refractivity contribution is 5.93. The van der Waals surface area contributed by atoms with Crippen molar-refractivity contribution < 1.29 is 14.6 Å². The number of likely N-dealkylation sites (tertiary alicyclic amines) is 1. The van der Waals surface area contributed by atoms with Gasteiger partial charge in [-0.3, -0.25) is 9.69 Å². The summed E-state index contributed by atoms with van der Waals surface area (Å²) < 4.78 is 6.29. The number of rotatable bonds is 2. The quantitative estimate of drug-likeness (QED) is 0.870. The highest BCUT2D eigenvalue weighted by Crippen LogP contribution is 2.65. The average Bonchev–Trinajstić information content (AvgIpc) is 2.93. The maximum Gasteiger partial charge on any atom is 0.179 e. The van der Waals surface area contributed by atoms with Crippen LogP contribution in [0.15, 0.2) is 12.1 Å². The van der Waals surface area contributed by atoms with Crippen molar-refractivity contribution in [3.8, 4) is 11.5 Å². The number of aromatic hydroxyl groups is 1. The van der Waals surface area contributed by atoms with Crippen LogP contribution in [0, 0.1) is 17.3 Å². The van der Waals surface area contributed by atoms with Gasteiger partial charge in [0.25, 0.3) is 0 Å². The highest BCUT2D eigenvalue weighted by Gasteiger charge is 2.69. The molecule has 0 radical (unpaired) electrons. The number of nitrogens with zero attached hydrogens (tertiary/aromatic N) is 1. The molecule has 1 aromatic carbocycles. The lowest BCUT2D eigenvalue weighted by atomic mass is 9.47. The molecule has 3 aliphatic carbocycles. The van der Waals surface area contributed by atoms with Crippen LogP contribution >= 0.6 is 0 Å². The fourth-order valence-electron chi connectivity index (χ4n) is 7.02. The van der Waals surface area contributed by atoms with Crippen LogP contribution in [-0.4, -0.2) is 41.0 Å². The number of hydrogen-bond donors (Lipinski definition) is 1. The Morgan fingerprint density at radius 3 is 2.85 bits per heavy atom. The number of benzene rings is 1. The molecule has 4 atom stereocenters. The Bertz CT molecular complexity index is 842. The molecule has 1 N–H and O–H groups in total. The van der Waals surface area contributed by atoms with E-state index in [-0.39, 0.29) is 22.4 Å². The van der Waals surface area contributed by atoms with Crippen molar-refractivity contribution in [3.05, 3.63) is 23.3 Å². The van der Waals surface area contributed by atoms with Crippen LogP contribution in [0.5, 0.6) is 11.5 Å². The molecule has 0 amide bonds. The number of ketones is 1. The summed E-state index contributed by atoms with van der Waals surface area (Å²) in [6.45, 7) is 6.46. The van der Waals surface area contributed by atoms with Crippen molar-refractivity contribution in [2.45, 2.75) is 69.9 Å². The van der Waals surface area contributed by atoms with Gasteiger partial charge in [-0.05, 0) is 62.1 Å². The molecule has 2 heterocycles. The molecule has 1 spiro atoms. The molecule has 1 saturated heterocycles. The summed E-state index contributed by atoms with van der Waals surface area (Å²) in [5.41, 5.74) is 1.92. The van der Waals surface area contributed by atoms with E-state index in [1.165, 1.54) is 36.9 Å². The smallest absolute Gasteiger partial charge is 0.179 e. The van der Waals surface area contributed by atoms with Gasteiger partial charge in [0, 0.05) is 29.0 Å². The fraction of sp³-hybridized carbons (Fsp3) is 0.696. The zero-order valence-electron chi connectivity index (χ0n) is 16.3. The molecule has 2 saturated carbocycles. The number of phenols is 1. The van der Waals surface area contributed by atoms with E-state index in [0.717, 1.165) is 31.7 Å². The first-order valence-electron chi connectivity index (χ1n) is 10.7. The third-order valence-electron chi connectivity index (χ3n) is 8.58. The predicted octanol–water partition coefficient (Wildman–Crippen LogP) is 3.44. The maximum absolute atomic E-state index is 13.4. The van der Waals surface area contributed by atoms with Crippen LogP contribution in [0.4, 0.5) is 0 Å². The van der Waals surface area contributed by atoms with Crippen LogP contribution < -0.4 is 4.74 Å². The number of piperidine rings is 1. The van der Waals surface area contributed by atoms with E-state index in [1.54, 1.807) is 6.07 Å². The summed E-state index contributed by atoms with van der Waals surface area (Å²) in [5.74, 6) is 2.36. The van der Waals surface area contributed by atoms with Gasteiger partial charge in [0.15, 0.2) is 23.4 Å². The first-order valence-corrected chi connectivity index (χ1v) is 10.7. The molecule has 4 nitrogen and oxygen atoms in total. The van der Waals surface area contributed by atoms with Gasteiger partial charge in [-0.15, -0.1) is 0 Å². The fourth-order valence-corrected chi connectivity index (χ4v) is 7.02. The van der Waals surface area contributed by atoms with Gasteiger partial charge in [0.1, 0.15) is 0 Å². The van der Waals surface area contributed by atoms with Gasteiger partial charge in [-0.25, -0.2) is 0 Å². The third kappa shape index (κ3) is 1.90. The molecule has 27 heavy (non-hydrogen) atoms. The van der Waals surface area contributed by atoms with Gasteiger partial charge in [-0.2, -0.15) is 0 Å². The third-order valence-corrected chi connectivity index (χ3v) is 8.58. The topological polar surface area (TPSA) is 49.8 Å². The molecule has 2 bridgehead atoms. The maximum atomic E-state index is 13.4. The lowest BCUT2D eigenvalue weighted by molar-refractivity contribution is -0.153. The van der Waals surface area contributed by atoms with Crippen LogP contribution in [0.3, 0.4) is 0 Å². The number of hydrogen-bond acceptors (Lipinski definition) is 4. The molecule has 4 heteroatoms. The number of carbonyl (C=O) groups excluding carboxylic acids is 1. The largest absolute Gasteiger partial charge is 0.504 e. The molecule has 6 rings (SSSR count). The van der Waals surface area contributed by atoms with Crippen LogP contribution in [-0.2, 0) is 16.6 Å².